The van der Waals surface area contributed by atoms with Gasteiger partial charge in [-0.3, -0.25) is 4.79 Å². The van der Waals surface area contributed by atoms with E-state index in [0.29, 0.717) is 17.1 Å². The number of amidine groups is 1. The van der Waals surface area contributed by atoms with Gasteiger partial charge in [0.1, 0.15) is 24.2 Å². The molecule has 1 amide bonds. The summed E-state index contributed by atoms with van der Waals surface area (Å²) in [5, 5.41) is 4.21. The Kier molecular flexibility index (Phi) is 4.97. The molecule has 168 valence electrons. The number of likely N-dealkylation sites (tertiary alicyclic amines) is 1. The first-order valence-electron chi connectivity index (χ1n) is 11.2. The maximum absolute atomic E-state index is 15.0. The van der Waals surface area contributed by atoms with Gasteiger partial charge in [-0.15, -0.1) is 0 Å². The third-order valence-corrected chi connectivity index (χ3v) is 7.05. The lowest BCUT2D eigenvalue weighted by atomic mass is 9.69. The average Bonchev–Trinajstić information content (AvgIpc) is 2.75. The predicted octanol–water partition coefficient (Wildman–Crippen LogP) is 3.97. The number of halogens is 1. The van der Waals surface area contributed by atoms with Crippen molar-refractivity contribution in [2.24, 2.45) is 10.5 Å². The van der Waals surface area contributed by atoms with Crippen LogP contribution in [0.2, 0.25) is 0 Å². The zero-order valence-corrected chi connectivity index (χ0v) is 19.0. The van der Waals surface area contributed by atoms with Gasteiger partial charge in [0, 0.05) is 12.1 Å². The van der Waals surface area contributed by atoms with Crippen LogP contribution >= 0.6 is 0 Å². The Morgan fingerprint density at radius 3 is 2.75 bits per heavy atom. The number of anilines is 1. The fraction of sp³-hybridized carbons (Fsp3) is 0.440. The molecular weight excluding hydrogens is 407 g/mol. The number of nitrogens with one attached hydrogen (secondary N) is 1. The molecule has 0 unspecified atom stereocenters. The molecule has 3 heterocycles. The van der Waals surface area contributed by atoms with Crippen LogP contribution < -0.4 is 15.1 Å². The van der Waals surface area contributed by atoms with Gasteiger partial charge in [-0.2, -0.15) is 5.10 Å². The van der Waals surface area contributed by atoms with Gasteiger partial charge in [0.2, 0.25) is 0 Å². The van der Waals surface area contributed by atoms with Crippen molar-refractivity contribution in [2.75, 3.05) is 31.6 Å². The Labute approximate surface area is 188 Å². The van der Waals surface area contributed by atoms with Crippen LogP contribution in [0.3, 0.4) is 0 Å². The van der Waals surface area contributed by atoms with Crippen LogP contribution in [0.25, 0.3) is 11.1 Å². The van der Waals surface area contributed by atoms with Gasteiger partial charge < -0.3 is 14.5 Å². The first kappa shape index (κ1) is 20.9. The highest BCUT2D eigenvalue weighted by Gasteiger charge is 2.40. The molecule has 0 radical (unpaired) electrons. The highest BCUT2D eigenvalue weighted by molar-refractivity contribution is 6.09. The lowest BCUT2D eigenvalue weighted by molar-refractivity contribution is -0.122. The van der Waals surface area contributed by atoms with E-state index >= 15 is 0 Å². The van der Waals surface area contributed by atoms with Crippen molar-refractivity contribution in [3.8, 4) is 16.9 Å². The smallest absolute Gasteiger partial charge is 0.262 e. The summed E-state index contributed by atoms with van der Waals surface area (Å²) in [6.45, 7) is 8.61. The molecule has 2 aromatic carbocycles. The van der Waals surface area contributed by atoms with Gasteiger partial charge in [-0.1, -0.05) is 32.0 Å². The zero-order chi connectivity index (χ0) is 22.6. The number of hydrogen-bond donors (Lipinski definition) is 1. The molecular formula is C25H29FN4O2. The number of rotatable bonds is 2. The van der Waals surface area contributed by atoms with E-state index in [2.05, 4.69) is 42.4 Å². The van der Waals surface area contributed by atoms with E-state index in [0.717, 1.165) is 36.3 Å². The van der Waals surface area contributed by atoms with Crippen molar-refractivity contribution in [3.63, 3.8) is 0 Å². The van der Waals surface area contributed by atoms with Crippen molar-refractivity contribution in [1.82, 2.24) is 10.3 Å². The van der Waals surface area contributed by atoms with E-state index < -0.39 is 6.04 Å². The number of carbonyl (C=O) groups is 1. The Hall–Kier alpha value is -2.93. The number of carbonyl (C=O) groups excluding carboxylic acids is 1. The standard InChI is InChI=1S/C25H29FN4O2/c1-15-24(31)28-27-23-13-32-22-12-17(16-7-5-6-8-20(16)26)18(11-21(22)30(15)23)19-9-10-29(4)14-25(19,2)3/h5-8,11-12,15,19H,9-10,13-14H2,1-4H3,(H,28,31)/t15-,19-/m1/s1. The molecule has 0 aliphatic carbocycles. The van der Waals surface area contributed by atoms with Crippen molar-refractivity contribution in [1.29, 1.82) is 0 Å². The van der Waals surface area contributed by atoms with Gasteiger partial charge in [0.15, 0.2) is 5.84 Å². The number of piperidine rings is 1. The molecule has 1 N–H and O–H groups in total. The maximum Gasteiger partial charge on any atom is 0.262 e. The molecule has 2 atom stereocenters. The summed E-state index contributed by atoms with van der Waals surface area (Å²) < 4.78 is 21.0. The van der Waals surface area contributed by atoms with Gasteiger partial charge in [0.25, 0.3) is 5.91 Å². The number of hydrogen-bond acceptors (Lipinski definition) is 5. The van der Waals surface area contributed by atoms with Crippen molar-refractivity contribution in [2.45, 2.75) is 39.2 Å². The van der Waals surface area contributed by atoms with Gasteiger partial charge in [0.05, 0.1) is 5.69 Å². The Bertz CT molecular complexity index is 1110. The maximum atomic E-state index is 15.0. The van der Waals surface area contributed by atoms with E-state index in [9.17, 15) is 9.18 Å². The summed E-state index contributed by atoms with van der Waals surface area (Å²) >= 11 is 0. The number of hydrazone groups is 1. The molecule has 2 aromatic rings. The van der Waals surface area contributed by atoms with Gasteiger partial charge in [-0.05, 0) is 67.6 Å². The molecule has 1 saturated heterocycles. The number of fused-ring (bicyclic) bond motifs is 3. The van der Waals surface area contributed by atoms with Crippen LogP contribution in [-0.2, 0) is 4.79 Å². The highest BCUT2D eigenvalue weighted by atomic mass is 19.1. The molecule has 0 aromatic heterocycles. The van der Waals surface area contributed by atoms with E-state index in [1.807, 2.05) is 30.0 Å². The number of amides is 1. The SMILES string of the molecule is C[C@@H]1C(=O)NN=C2COc3cc(-c4ccccc4F)c([C@H]4CCN(C)CC4(C)C)cc3N21. The fourth-order valence-electron chi connectivity index (χ4n) is 5.49. The first-order valence-corrected chi connectivity index (χ1v) is 11.2. The van der Waals surface area contributed by atoms with Crippen molar-refractivity contribution >= 4 is 17.4 Å². The van der Waals surface area contributed by atoms with Gasteiger partial charge >= 0.3 is 0 Å². The molecule has 0 spiro atoms. The minimum atomic E-state index is -0.400. The lowest BCUT2D eigenvalue weighted by Gasteiger charge is -2.45. The normalized spacial score (nSPS) is 24.7. The molecule has 1 fully saturated rings. The Morgan fingerprint density at radius 2 is 2.00 bits per heavy atom. The van der Waals surface area contributed by atoms with Crippen LogP contribution in [0.1, 0.15) is 38.7 Å². The number of benzene rings is 2. The number of ether oxygens (including phenoxy) is 1. The van der Waals surface area contributed by atoms with Crippen LogP contribution in [-0.4, -0.2) is 49.4 Å². The summed E-state index contributed by atoms with van der Waals surface area (Å²) in [4.78, 5) is 16.7. The summed E-state index contributed by atoms with van der Waals surface area (Å²) in [6, 6.07) is 10.6. The van der Waals surface area contributed by atoms with E-state index in [1.165, 1.54) is 6.07 Å². The van der Waals surface area contributed by atoms with Crippen LogP contribution in [0, 0.1) is 11.2 Å². The molecule has 5 rings (SSSR count). The summed E-state index contributed by atoms with van der Waals surface area (Å²) in [6.07, 6.45) is 0.974. The second kappa shape index (κ2) is 7.59. The molecule has 0 bridgehead atoms. The highest BCUT2D eigenvalue weighted by Crippen LogP contribution is 2.49. The summed E-state index contributed by atoms with van der Waals surface area (Å²) in [5.41, 5.74) is 5.92. The third-order valence-electron chi connectivity index (χ3n) is 7.05. The molecule has 6 nitrogen and oxygen atoms in total. The second-order valence-electron chi connectivity index (χ2n) is 9.79. The van der Waals surface area contributed by atoms with Crippen molar-refractivity contribution in [3.05, 3.63) is 47.8 Å². The molecule has 3 aliphatic heterocycles. The number of nitrogens with zero attached hydrogens (tertiary/aromatic N) is 3. The molecule has 3 aliphatic rings. The average molecular weight is 437 g/mol. The minimum absolute atomic E-state index is 0.00141. The predicted molar refractivity (Wildman–Crippen MR) is 123 cm³/mol. The monoisotopic (exact) mass is 436 g/mol. The van der Waals surface area contributed by atoms with Crippen molar-refractivity contribution < 1.29 is 13.9 Å². The third kappa shape index (κ3) is 3.35. The molecule has 0 saturated carbocycles. The largest absolute Gasteiger partial charge is 0.483 e. The topological polar surface area (TPSA) is 57.2 Å². The quantitative estimate of drug-likeness (QED) is 0.774. The van der Waals surface area contributed by atoms with E-state index in [1.54, 1.807) is 6.07 Å². The summed E-state index contributed by atoms with van der Waals surface area (Å²) in [5.74, 6) is 1.16. The first-order chi connectivity index (χ1) is 15.3. The molecule has 7 heteroatoms. The lowest BCUT2D eigenvalue weighted by Crippen LogP contribution is -2.55. The zero-order valence-electron chi connectivity index (χ0n) is 19.0. The Morgan fingerprint density at radius 1 is 1.22 bits per heavy atom. The fourth-order valence-corrected chi connectivity index (χ4v) is 5.49. The Balaban J connectivity index is 1.72. The van der Waals surface area contributed by atoms with Crippen LogP contribution in [0.5, 0.6) is 5.75 Å². The summed E-state index contributed by atoms with van der Waals surface area (Å²) in [7, 11) is 2.15. The minimum Gasteiger partial charge on any atom is -0.483 e. The van der Waals surface area contributed by atoms with Gasteiger partial charge in [-0.25, -0.2) is 9.82 Å². The van der Waals surface area contributed by atoms with Crippen LogP contribution in [0.15, 0.2) is 41.5 Å². The van der Waals surface area contributed by atoms with E-state index in [-0.39, 0.29) is 29.7 Å². The van der Waals surface area contributed by atoms with E-state index in [4.69, 9.17) is 4.74 Å². The van der Waals surface area contributed by atoms with Crippen LogP contribution in [0.4, 0.5) is 10.1 Å². The molecule has 32 heavy (non-hydrogen) atoms. The second-order valence-corrected chi connectivity index (χ2v) is 9.79.